The number of carbonyl (C=O) groups is 1. The average Bonchev–Trinajstić information content (AvgIpc) is 2.74. The van der Waals surface area contributed by atoms with Gasteiger partial charge in [-0.25, -0.2) is 4.79 Å². The number of aromatic nitrogens is 1. The van der Waals surface area contributed by atoms with Gasteiger partial charge in [0, 0.05) is 0 Å². The van der Waals surface area contributed by atoms with Crippen LogP contribution in [0, 0.1) is 11.3 Å². The van der Waals surface area contributed by atoms with Gasteiger partial charge < -0.3 is 14.8 Å². The Kier molecular flexibility index (Phi) is 3.77. The molecule has 0 atom stereocenters. The molecule has 2 aromatic rings. The number of nitriles is 1. The Hall–Kier alpha value is -2.30. The predicted molar refractivity (Wildman–Crippen MR) is 78.1 cm³/mol. The number of fused-ring (bicyclic) bond motifs is 1. The molecular weight excluding hydrogens is 271 g/mol. The van der Waals surface area contributed by atoms with Crippen molar-refractivity contribution in [2.24, 2.45) is 0 Å². The first-order chi connectivity index (χ1) is 9.73. The van der Waals surface area contributed by atoms with Crippen LogP contribution in [0.15, 0.2) is 24.3 Å². The molecule has 108 valence electrons. The van der Waals surface area contributed by atoms with Crippen LogP contribution < -0.4 is 5.59 Å². The van der Waals surface area contributed by atoms with E-state index in [1.54, 1.807) is 32.9 Å². The molecule has 1 aromatic carbocycles. The second-order valence-corrected chi connectivity index (χ2v) is 5.64. The molecule has 0 aliphatic rings. The zero-order chi connectivity index (χ0) is 15.8. The number of benzene rings is 1. The van der Waals surface area contributed by atoms with Crippen molar-refractivity contribution in [2.75, 3.05) is 0 Å². The highest BCUT2D eigenvalue weighted by Crippen LogP contribution is 2.18. The lowest BCUT2D eigenvalue weighted by atomic mass is 9.86. The van der Waals surface area contributed by atoms with Crippen LogP contribution in [-0.2, 0) is 4.74 Å². The van der Waals surface area contributed by atoms with Crippen molar-refractivity contribution in [3.8, 4) is 6.07 Å². The Balaban J connectivity index is 2.65. The molecule has 0 unspecified atom stereocenters. The smallest absolute Gasteiger partial charge is 0.443 e. The van der Waals surface area contributed by atoms with E-state index in [4.69, 9.17) is 10.00 Å². The fraction of sp³-hybridized carbons (Fsp3) is 0.286. The van der Waals surface area contributed by atoms with E-state index in [-0.39, 0.29) is 5.59 Å². The highest BCUT2D eigenvalue weighted by Gasteiger charge is 2.27. The molecule has 21 heavy (non-hydrogen) atoms. The summed E-state index contributed by atoms with van der Waals surface area (Å²) < 4.78 is 6.35. The van der Waals surface area contributed by atoms with Crippen LogP contribution in [0.2, 0.25) is 0 Å². The van der Waals surface area contributed by atoms with Crippen molar-refractivity contribution in [1.29, 1.82) is 5.26 Å². The van der Waals surface area contributed by atoms with Crippen LogP contribution >= 0.6 is 0 Å². The highest BCUT2D eigenvalue weighted by atomic mass is 16.6. The van der Waals surface area contributed by atoms with Crippen LogP contribution in [0.25, 0.3) is 10.9 Å². The van der Waals surface area contributed by atoms with Gasteiger partial charge in [0.25, 0.3) is 0 Å². The third-order valence-electron chi connectivity index (χ3n) is 2.80. The number of rotatable bonds is 1. The molecule has 2 rings (SSSR count). The minimum absolute atomic E-state index is 0.00524. The second-order valence-electron chi connectivity index (χ2n) is 5.64. The van der Waals surface area contributed by atoms with Gasteiger partial charge in [-0.2, -0.15) is 5.26 Å². The van der Waals surface area contributed by atoms with Gasteiger partial charge in [0.2, 0.25) is 0 Å². The lowest BCUT2D eigenvalue weighted by molar-refractivity contribution is 0.0547. The van der Waals surface area contributed by atoms with E-state index >= 15 is 0 Å². The molecule has 0 amide bonds. The number of hydrogen-bond acceptors (Lipinski definition) is 5. The number of hydrogen-bond donors (Lipinski definition) is 2. The number of nitrogens with zero attached hydrogens (tertiary/aromatic N) is 2. The summed E-state index contributed by atoms with van der Waals surface area (Å²) in [4.78, 5) is 12.3. The van der Waals surface area contributed by atoms with E-state index in [1.165, 1.54) is 12.1 Å². The third-order valence-corrected chi connectivity index (χ3v) is 2.80. The minimum Gasteiger partial charge on any atom is -0.443 e. The summed E-state index contributed by atoms with van der Waals surface area (Å²) in [6.45, 7) is 5.14. The molecule has 2 N–H and O–H groups in total. The van der Waals surface area contributed by atoms with E-state index < -0.39 is 18.8 Å². The van der Waals surface area contributed by atoms with Gasteiger partial charge in [-0.15, -0.1) is 0 Å². The molecule has 0 radical (unpaired) electrons. The van der Waals surface area contributed by atoms with Crippen molar-refractivity contribution >= 4 is 29.7 Å². The molecule has 0 bridgehead atoms. The van der Waals surface area contributed by atoms with Crippen molar-refractivity contribution in [2.45, 2.75) is 26.4 Å². The fourth-order valence-corrected chi connectivity index (χ4v) is 1.99. The van der Waals surface area contributed by atoms with Gasteiger partial charge in [0.05, 0.1) is 22.7 Å². The molecule has 0 aliphatic heterocycles. The normalized spacial score (nSPS) is 11.2. The van der Waals surface area contributed by atoms with Gasteiger partial charge in [-0.05, 0) is 44.4 Å². The Labute approximate surface area is 122 Å². The summed E-state index contributed by atoms with van der Waals surface area (Å²) in [7, 11) is -1.82. The molecule has 1 aromatic heterocycles. The molecule has 0 saturated carbocycles. The summed E-state index contributed by atoms with van der Waals surface area (Å²) in [6.07, 6.45) is -0.726. The Bertz CT molecular complexity index is 738. The van der Waals surface area contributed by atoms with E-state index in [9.17, 15) is 14.8 Å². The maximum atomic E-state index is 12.3. The van der Waals surface area contributed by atoms with E-state index in [0.29, 0.717) is 16.5 Å². The first kappa shape index (κ1) is 15.1. The topological polar surface area (TPSA) is 95.5 Å². The fourth-order valence-electron chi connectivity index (χ4n) is 1.99. The number of ether oxygens (including phenoxy) is 1. The Morgan fingerprint density at radius 3 is 2.52 bits per heavy atom. The molecule has 1 heterocycles. The van der Waals surface area contributed by atoms with E-state index in [1.807, 2.05) is 6.07 Å². The zero-order valence-electron chi connectivity index (χ0n) is 12.0. The van der Waals surface area contributed by atoms with Crippen molar-refractivity contribution in [1.82, 2.24) is 4.57 Å². The monoisotopic (exact) mass is 286 g/mol. The van der Waals surface area contributed by atoms with Crippen LogP contribution in [-0.4, -0.2) is 33.4 Å². The first-order valence-electron chi connectivity index (χ1n) is 6.38. The average molecular weight is 286 g/mol. The molecular formula is C14H15BN2O4. The zero-order valence-corrected chi connectivity index (χ0v) is 12.0. The predicted octanol–water partition coefficient (Wildman–Crippen LogP) is 0.976. The van der Waals surface area contributed by atoms with Crippen LogP contribution in [0.1, 0.15) is 26.3 Å². The van der Waals surface area contributed by atoms with Gasteiger partial charge >= 0.3 is 13.2 Å². The van der Waals surface area contributed by atoms with E-state index in [2.05, 4.69) is 0 Å². The molecule has 0 aliphatic carbocycles. The maximum absolute atomic E-state index is 12.3. The van der Waals surface area contributed by atoms with Crippen LogP contribution in [0.4, 0.5) is 4.79 Å². The van der Waals surface area contributed by atoms with Crippen molar-refractivity contribution < 1.29 is 19.6 Å². The summed E-state index contributed by atoms with van der Waals surface area (Å²) in [5, 5.41) is 28.5. The first-order valence-corrected chi connectivity index (χ1v) is 6.38. The summed E-state index contributed by atoms with van der Waals surface area (Å²) >= 11 is 0. The lowest BCUT2D eigenvalue weighted by Crippen LogP contribution is -2.41. The Morgan fingerprint density at radius 1 is 1.33 bits per heavy atom. The summed E-state index contributed by atoms with van der Waals surface area (Å²) in [5.41, 5.74) is 0.0307. The summed E-state index contributed by atoms with van der Waals surface area (Å²) in [5.74, 6) is 0. The van der Waals surface area contributed by atoms with E-state index in [0.717, 1.165) is 4.57 Å². The number of carbonyl (C=O) groups excluding carboxylic acids is 1. The molecule has 7 heteroatoms. The third kappa shape index (κ3) is 3.07. The molecule has 0 saturated heterocycles. The molecule has 0 spiro atoms. The van der Waals surface area contributed by atoms with Crippen LogP contribution in [0.5, 0.6) is 0 Å². The maximum Gasteiger partial charge on any atom is 0.506 e. The van der Waals surface area contributed by atoms with Crippen molar-refractivity contribution in [3.63, 3.8) is 0 Å². The minimum atomic E-state index is -1.82. The summed E-state index contributed by atoms with van der Waals surface area (Å²) in [6, 6.07) is 8.20. The second kappa shape index (κ2) is 5.24. The van der Waals surface area contributed by atoms with Gasteiger partial charge in [0.15, 0.2) is 0 Å². The SMILES string of the molecule is CC(C)(C)OC(=O)n1c(B(O)O)cc2ccc(C#N)cc21. The lowest BCUT2D eigenvalue weighted by Gasteiger charge is -2.21. The molecule has 0 fully saturated rings. The highest BCUT2D eigenvalue weighted by molar-refractivity contribution is 6.59. The largest absolute Gasteiger partial charge is 0.506 e. The Morgan fingerprint density at radius 2 is 2.00 bits per heavy atom. The quantitative estimate of drug-likeness (QED) is 0.762. The van der Waals surface area contributed by atoms with Crippen molar-refractivity contribution in [3.05, 3.63) is 29.8 Å². The van der Waals surface area contributed by atoms with Crippen LogP contribution in [0.3, 0.4) is 0 Å². The standard InChI is InChI=1S/C14H15BN2O4/c1-14(2,3)21-13(18)17-11-6-9(8-16)4-5-10(11)7-12(17)15(19)20/h4-7,19-20H,1-3H3. The van der Waals surface area contributed by atoms with Gasteiger partial charge in [-0.3, -0.25) is 4.57 Å². The van der Waals surface area contributed by atoms with Gasteiger partial charge in [0.1, 0.15) is 5.60 Å². The van der Waals surface area contributed by atoms with Gasteiger partial charge in [-0.1, -0.05) is 6.07 Å². The molecule has 6 nitrogen and oxygen atoms in total.